The van der Waals surface area contributed by atoms with Gasteiger partial charge in [-0.05, 0) is 24.1 Å². The van der Waals surface area contributed by atoms with Crippen LogP contribution < -0.4 is 4.18 Å². The second-order valence-corrected chi connectivity index (χ2v) is 5.80. The van der Waals surface area contributed by atoms with Crippen LogP contribution in [-0.2, 0) is 16.5 Å². The molecule has 21 heavy (non-hydrogen) atoms. The maximum atomic E-state index is 12.2. The van der Waals surface area contributed by atoms with Crippen molar-refractivity contribution in [2.24, 2.45) is 0 Å². The van der Waals surface area contributed by atoms with E-state index in [0.29, 0.717) is 6.42 Å². The standard InChI is InChI=1S/C14H13NO5S/c1-2-11-6-3-4-9-14(11)20-21(18,19)13-8-5-7-12(10-13)15(16)17/h3-10H,2H2,1H3. The summed E-state index contributed by atoms with van der Waals surface area (Å²) in [6, 6.07) is 11.5. The van der Waals surface area contributed by atoms with Gasteiger partial charge in [0, 0.05) is 12.1 Å². The van der Waals surface area contributed by atoms with E-state index in [0.717, 1.165) is 11.6 Å². The number of non-ortho nitro benzene ring substituents is 1. The zero-order chi connectivity index (χ0) is 15.5. The summed E-state index contributed by atoms with van der Waals surface area (Å²) in [6.07, 6.45) is 0.612. The van der Waals surface area contributed by atoms with E-state index < -0.39 is 15.0 Å². The average Bonchev–Trinajstić information content (AvgIpc) is 2.47. The SMILES string of the molecule is CCc1ccccc1OS(=O)(=O)c1cccc([N+](=O)[O-])c1. The van der Waals surface area contributed by atoms with Crippen molar-refractivity contribution in [1.82, 2.24) is 0 Å². The number of nitro groups is 1. The molecule has 0 spiro atoms. The Morgan fingerprint density at radius 2 is 1.86 bits per heavy atom. The normalized spacial score (nSPS) is 11.1. The van der Waals surface area contributed by atoms with Gasteiger partial charge >= 0.3 is 10.1 Å². The van der Waals surface area contributed by atoms with Crippen LogP contribution in [0.1, 0.15) is 12.5 Å². The van der Waals surface area contributed by atoms with Crippen molar-refractivity contribution in [1.29, 1.82) is 0 Å². The lowest BCUT2D eigenvalue weighted by atomic mass is 10.1. The van der Waals surface area contributed by atoms with E-state index >= 15 is 0 Å². The highest BCUT2D eigenvalue weighted by molar-refractivity contribution is 7.87. The van der Waals surface area contributed by atoms with Gasteiger partial charge in [0.15, 0.2) is 0 Å². The molecular formula is C14H13NO5S. The Bertz CT molecular complexity index is 770. The highest BCUT2D eigenvalue weighted by Crippen LogP contribution is 2.25. The summed E-state index contributed by atoms with van der Waals surface area (Å²) in [7, 11) is -4.11. The molecule has 0 saturated carbocycles. The summed E-state index contributed by atoms with van der Waals surface area (Å²) in [5.41, 5.74) is 0.440. The van der Waals surface area contributed by atoms with Gasteiger partial charge in [0.2, 0.25) is 0 Å². The minimum Gasteiger partial charge on any atom is -0.379 e. The highest BCUT2D eigenvalue weighted by atomic mass is 32.2. The molecule has 0 bridgehead atoms. The third kappa shape index (κ3) is 3.38. The molecule has 0 radical (unpaired) electrons. The zero-order valence-corrected chi connectivity index (χ0v) is 12.0. The predicted molar refractivity (Wildman–Crippen MR) is 76.7 cm³/mol. The Kier molecular flexibility index (Phi) is 4.23. The lowest BCUT2D eigenvalue weighted by Gasteiger charge is -2.10. The summed E-state index contributed by atoms with van der Waals surface area (Å²) in [6.45, 7) is 1.88. The Morgan fingerprint density at radius 1 is 1.14 bits per heavy atom. The number of aryl methyl sites for hydroxylation is 1. The monoisotopic (exact) mass is 307 g/mol. The van der Waals surface area contributed by atoms with Crippen LogP contribution in [-0.4, -0.2) is 13.3 Å². The summed E-state index contributed by atoms with van der Waals surface area (Å²) < 4.78 is 29.5. The van der Waals surface area contributed by atoms with Gasteiger partial charge in [-0.25, -0.2) is 0 Å². The summed E-state index contributed by atoms with van der Waals surface area (Å²) >= 11 is 0. The largest absolute Gasteiger partial charge is 0.379 e. The van der Waals surface area contributed by atoms with E-state index in [1.54, 1.807) is 24.3 Å². The van der Waals surface area contributed by atoms with E-state index in [-0.39, 0.29) is 16.3 Å². The van der Waals surface area contributed by atoms with Crippen LogP contribution in [0.15, 0.2) is 53.4 Å². The molecule has 2 aromatic carbocycles. The van der Waals surface area contributed by atoms with Gasteiger partial charge in [-0.1, -0.05) is 31.2 Å². The number of nitro benzene ring substituents is 1. The second kappa shape index (κ2) is 5.92. The molecule has 0 aliphatic heterocycles. The van der Waals surface area contributed by atoms with E-state index in [1.165, 1.54) is 18.2 Å². The van der Waals surface area contributed by atoms with Crippen molar-refractivity contribution in [3.63, 3.8) is 0 Å². The van der Waals surface area contributed by atoms with Crippen LogP contribution in [0.25, 0.3) is 0 Å². The molecule has 0 heterocycles. The first-order valence-electron chi connectivity index (χ1n) is 6.21. The molecule has 2 rings (SSSR count). The first-order valence-corrected chi connectivity index (χ1v) is 7.61. The van der Waals surface area contributed by atoms with Gasteiger partial charge in [0.25, 0.3) is 5.69 Å². The Hall–Kier alpha value is -2.41. The molecule has 0 amide bonds. The van der Waals surface area contributed by atoms with E-state index in [4.69, 9.17) is 4.18 Å². The topological polar surface area (TPSA) is 86.5 Å². The summed E-state index contributed by atoms with van der Waals surface area (Å²) in [5.74, 6) is 0.228. The fraction of sp³-hybridized carbons (Fsp3) is 0.143. The van der Waals surface area contributed by atoms with Crippen molar-refractivity contribution in [3.8, 4) is 5.75 Å². The minimum absolute atomic E-state index is 0.228. The van der Waals surface area contributed by atoms with Crippen molar-refractivity contribution in [3.05, 3.63) is 64.2 Å². The maximum Gasteiger partial charge on any atom is 0.339 e. The van der Waals surface area contributed by atoms with Gasteiger partial charge < -0.3 is 4.18 Å². The Morgan fingerprint density at radius 3 is 2.52 bits per heavy atom. The number of hydrogen-bond acceptors (Lipinski definition) is 5. The first kappa shape index (κ1) is 15.0. The second-order valence-electron chi connectivity index (χ2n) is 4.25. The van der Waals surface area contributed by atoms with Crippen molar-refractivity contribution in [2.45, 2.75) is 18.2 Å². The van der Waals surface area contributed by atoms with E-state index in [2.05, 4.69) is 0 Å². The van der Waals surface area contributed by atoms with Crippen LogP contribution in [0.5, 0.6) is 5.75 Å². The lowest BCUT2D eigenvalue weighted by Crippen LogP contribution is -2.11. The maximum absolute atomic E-state index is 12.2. The molecule has 110 valence electrons. The Balaban J connectivity index is 2.39. The minimum atomic E-state index is -4.11. The quantitative estimate of drug-likeness (QED) is 0.481. The molecule has 0 N–H and O–H groups in total. The van der Waals surface area contributed by atoms with Crippen LogP contribution in [0.2, 0.25) is 0 Å². The predicted octanol–water partition coefficient (Wildman–Crippen LogP) is 2.92. The number of para-hydroxylation sites is 1. The van der Waals surface area contributed by atoms with E-state index in [9.17, 15) is 18.5 Å². The molecule has 0 aliphatic carbocycles. The van der Waals surface area contributed by atoms with Crippen LogP contribution in [0.3, 0.4) is 0 Å². The van der Waals surface area contributed by atoms with Gasteiger partial charge in [-0.2, -0.15) is 8.42 Å². The molecule has 2 aromatic rings. The van der Waals surface area contributed by atoms with Gasteiger partial charge in [-0.3, -0.25) is 10.1 Å². The fourth-order valence-electron chi connectivity index (χ4n) is 1.80. The molecule has 0 fully saturated rings. The molecule has 0 unspecified atom stereocenters. The van der Waals surface area contributed by atoms with Gasteiger partial charge in [-0.15, -0.1) is 0 Å². The van der Waals surface area contributed by atoms with Crippen LogP contribution >= 0.6 is 0 Å². The first-order chi connectivity index (χ1) is 9.94. The average molecular weight is 307 g/mol. The fourth-order valence-corrected chi connectivity index (χ4v) is 2.80. The third-order valence-electron chi connectivity index (χ3n) is 2.87. The van der Waals surface area contributed by atoms with Gasteiger partial charge in [0.1, 0.15) is 10.6 Å². The number of hydrogen-bond donors (Lipinski definition) is 0. The summed E-state index contributed by atoms with van der Waals surface area (Å²) in [5, 5.41) is 10.7. The molecule has 0 aliphatic rings. The molecule has 0 atom stereocenters. The highest BCUT2D eigenvalue weighted by Gasteiger charge is 2.20. The zero-order valence-electron chi connectivity index (χ0n) is 11.2. The third-order valence-corrected chi connectivity index (χ3v) is 4.10. The molecule has 6 nitrogen and oxygen atoms in total. The number of benzene rings is 2. The Labute approximate surface area is 122 Å². The van der Waals surface area contributed by atoms with Crippen molar-refractivity contribution < 1.29 is 17.5 Å². The van der Waals surface area contributed by atoms with Gasteiger partial charge in [0.05, 0.1) is 4.92 Å². The van der Waals surface area contributed by atoms with E-state index in [1.807, 2.05) is 6.92 Å². The van der Waals surface area contributed by atoms with Crippen molar-refractivity contribution >= 4 is 15.8 Å². The van der Waals surface area contributed by atoms with Crippen LogP contribution in [0.4, 0.5) is 5.69 Å². The molecular weight excluding hydrogens is 294 g/mol. The smallest absolute Gasteiger partial charge is 0.339 e. The van der Waals surface area contributed by atoms with Crippen LogP contribution in [0, 0.1) is 10.1 Å². The molecule has 0 saturated heterocycles. The molecule has 0 aromatic heterocycles. The summed E-state index contributed by atoms with van der Waals surface area (Å²) in [4.78, 5) is 9.81. The lowest BCUT2D eigenvalue weighted by molar-refractivity contribution is -0.385. The molecule has 7 heteroatoms. The van der Waals surface area contributed by atoms with Crippen molar-refractivity contribution in [2.75, 3.05) is 0 Å². The number of rotatable bonds is 5. The number of nitrogens with zero attached hydrogens (tertiary/aromatic N) is 1.